The van der Waals surface area contributed by atoms with Crippen molar-refractivity contribution >= 4 is 22.7 Å². The summed E-state index contributed by atoms with van der Waals surface area (Å²) in [5, 5.41) is 9.76. The Hall–Kier alpha value is -2.81. The second-order valence-electron chi connectivity index (χ2n) is 5.24. The van der Waals surface area contributed by atoms with Crippen LogP contribution in [0.2, 0.25) is 0 Å². The van der Waals surface area contributed by atoms with Crippen LogP contribution in [0.4, 0.5) is 9.93 Å². The van der Waals surface area contributed by atoms with Crippen LogP contribution < -0.4 is 10.6 Å². The van der Waals surface area contributed by atoms with Crippen LogP contribution in [0, 0.1) is 13.8 Å². The van der Waals surface area contributed by atoms with E-state index in [2.05, 4.69) is 30.1 Å². The zero-order valence-corrected chi connectivity index (χ0v) is 14.2. The first kappa shape index (κ1) is 16.1. The Morgan fingerprint density at radius 2 is 2.04 bits per heavy atom. The first-order valence-electron chi connectivity index (χ1n) is 7.30. The van der Waals surface area contributed by atoms with Gasteiger partial charge >= 0.3 is 6.03 Å². The molecule has 124 valence electrons. The maximum atomic E-state index is 12.0. The van der Waals surface area contributed by atoms with Gasteiger partial charge in [0.05, 0.1) is 0 Å². The molecule has 2 aromatic heterocycles. The smallest absolute Gasteiger partial charge is 0.321 e. The minimum atomic E-state index is -0.440. The maximum absolute atomic E-state index is 12.0. The highest BCUT2D eigenvalue weighted by Crippen LogP contribution is 2.21. The zero-order chi connectivity index (χ0) is 17.1. The van der Waals surface area contributed by atoms with Crippen LogP contribution in [0.15, 0.2) is 28.8 Å². The van der Waals surface area contributed by atoms with E-state index < -0.39 is 12.1 Å². The molecule has 8 nitrogen and oxygen atoms in total. The Balaban J connectivity index is 1.66. The van der Waals surface area contributed by atoms with Gasteiger partial charge in [-0.3, -0.25) is 5.32 Å². The third-order valence-electron chi connectivity index (χ3n) is 3.29. The standard InChI is InChI=1S/C15H16N6O2S/c1-8-6-4-5-7-11(8)12-18-13(23-20-12)9(2)16-14(22)19-15-17-10(3)21-24-15/h4-7,9H,1-3H3,(H2,16,17,19,21,22)/t9-/m1/s1. The van der Waals surface area contributed by atoms with Gasteiger partial charge in [-0.2, -0.15) is 9.36 Å². The van der Waals surface area contributed by atoms with Gasteiger partial charge < -0.3 is 9.84 Å². The summed E-state index contributed by atoms with van der Waals surface area (Å²) in [5.41, 5.74) is 1.95. The number of anilines is 1. The molecule has 3 aromatic rings. The van der Waals surface area contributed by atoms with Crippen LogP contribution >= 0.6 is 11.5 Å². The van der Waals surface area contributed by atoms with Gasteiger partial charge in [0, 0.05) is 17.1 Å². The highest BCUT2D eigenvalue weighted by atomic mass is 32.1. The van der Waals surface area contributed by atoms with Crippen molar-refractivity contribution in [2.75, 3.05) is 5.32 Å². The van der Waals surface area contributed by atoms with Gasteiger partial charge in [0.1, 0.15) is 11.9 Å². The van der Waals surface area contributed by atoms with E-state index in [9.17, 15) is 4.79 Å². The third-order valence-corrected chi connectivity index (χ3v) is 4.02. The lowest BCUT2D eigenvalue weighted by molar-refractivity contribution is 0.245. The molecule has 0 fully saturated rings. The Bertz CT molecular complexity index is 859. The summed E-state index contributed by atoms with van der Waals surface area (Å²) in [4.78, 5) is 20.4. The minimum Gasteiger partial charge on any atom is -0.337 e. The molecule has 0 aliphatic rings. The largest absolute Gasteiger partial charge is 0.337 e. The second-order valence-corrected chi connectivity index (χ2v) is 5.99. The van der Waals surface area contributed by atoms with Crippen molar-refractivity contribution in [3.05, 3.63) is 41.5 Å². The van der Waals surface area contributed by atoms with E-state index in [1.54, 1.807) is 13.8 Å². The molecular formula is C15H16N6O2S. The predicted molar refractivity (Wildman–Crippen MR) is 89.7 cm³/mol. The molecule has 1 aromatic carbocycles. The van der Waals surface area contributed by atoms with Gasteiger partial charge in [0.25, 0.3) is 0 Å². The highest BCUT2D eigenvalue weighted by molar-refractivity contribution is 7.09. The fraction of sp³-hybridized carbons (Fsp3) is 0.267. The van der Waals surface area contributed by atoms with Crippen molar-refractivity contribution in [2.24, 2.45) is 0 Å². The molecule has 0 saturated carbocycles. The third kappa shape index (κ3) is 3.57. The number of rotatable bonds is 4. The number of benzene rings is 1. The molecule has 0 spiro atoms. The van der Waals surface area contributed by atoms with Gasteiger partial charge in [-0.1, -0.05) is 29.4 Å². The first-order chi connectivity index (χ1) is 11.5. The quantitative estimate of drug-likeness (QED) is 0.753. The Labute approximate surface area is 142 Å². The molecule has 0 aliphatic carbocycles. The average molecular weight is 344 g/mol. The second kappa shape index (κ2) is 6.75. The number of nitrogens with zero attached hydrogens (tertiary/aromatic N) is 4. The number of amides is 2. The van der Waals surface area contributed by atoms with E-state index in [1.165, 1.54) is 0 Å². The van der Waals surface area contributed by atoms with E-state index in [0.717, 1.165) is 22.7 Å². The molecule has 0 bridgehead atoms. The van der Waals surface area contributed by atoms with Crippen molar-refractivity contribution in [3.63, 3.8) is 0 Å². The van der Waals surface area contributed by atoms with Crippen LogP contribution in [0.25, 0.3) is 11.4 Å². The van der Waals surface area contributed by atoms with Crippen molar-refractivity contribution in [3.8, 4) is 11.4 Å². The molecular weight excluding hydrogens is 328 g/mol. The van der Waals surface area contributed by atoms with Gasteiger partial charge in [0.2, 0.25) is 16.8 Å². The van der Waals surface area contributed by atoms with E-state index in [-0.39, 0.29) is 0 Å². The highest BCUT2D eigenvalue weighted by Gasteiger charge is 2.18. The molecule has 0 unspecified atom stereocenters. The molecule has 9 heteroatoms. The monoisotopic (exact) mass is 344 g/mol. The number of carbonyl (C=O) groups excluding carboxylic acids is 1. The number of nitrogens with one attached hydrogen (secondary N) is 2. The minimum absolute atomic E-state index is 0.330. The number of aromatic nitrogens is 4. The Kier molecular flexibility index (Phi) is 4.52. The van der Waals surface area contributed by atoms with E-state index >= 15 is 0 Å². The molecule has 1 atom stereocenters. The lowest BCUT2D eigenvalue weighted by Crippen LogP contribution is -2.31. The molecule has 2 N–H and O–H groups in total. The molecule has 24 heavy (non-hydrogen) atoms. The molecule has 0 saturated heterocycles. The molecule has 2 amide bonds. The average Bonchev–Trinajstić information content (AvgIpc) is 3.17. The first-order valence-corrected chi connectivity index (χ1v) is 8.07. The topological polar surface area (TPSA) is 106 Å². The van der Waals surface area contributed by atoms with Crippen molar-refractivity contribution in [1.29, 1.82) is 0 Å². The summed E-state index contributed by atoms with van der Waals surface area (Å²) in [6, 6.07) is 6.91. The maximum Gasteiger partial charge on any atom is 0.321 e. The van der Waals surface area contributed by atoms with Crippen molar-refractivity contribution < 1.29 is 9.32 Å². The summed E-state index contributed by atoms with van der Waals surface area (Å²) in [7, 11) is 0. The van der Waals surface area contributed by atoms with E-state index in [1.807, 2.05) is 31.2 Å². The van der Waals surface area contributed by atoms with E-state index in [4.69, 9.17) is 4.52 Å². The lowest BCUT2D eigenvalue weighted by Gasteiger charge is -2.09. The van der Waals surface area contributed by atoms with Crippen LogP contribution in [-0.2, 0) is 0 Å². The fourth-order valence-corrected chi connectivity index (χ4v) is 2.65. The van der Waals surface area contributed by atoms with Gasteiger partial charge in [-0.25, -0.2) is 9.78 Å². The van der Waals surface area contributed by atoms with Crippen LogP contribution in [-0.4, -0.2) is 25.5 Å². The molecule has 0 radical (unpaired) electrons. The summed E-state index contributed by atoms with van der Waals surface area (Å²) in [6.07, 6.45) is 0. The number of urea groups is 1. The van der Waals surface area contributed by atoms with E-state index in [0.29, 0.717) is 22.7 Å². The van der Waals surface area contributed by atoms with Crippen LogP contribution in [0.3, 0.4) is 0 Å². The summed E-state index contributed by atoms with van der Waals surface area (Å²) >= 11 is 1.12. The summed E-state index contributed by atoms with van der Waals surface area (Å²) in [5.74, 6) is 1.44. The Morgan fingerprint density at radius 3 is 2.75 bits per heavy atom. The number of hydrogen-bond acceptors (Lipinski definition) is 7. The van der Waals surface area contributed by atoms with Crippen LogP contribution in [0.1, 0.15) is 30.2 Å². The fourth-order valence-electron chi connectivity index (χ4n) is 2.08. The summed E-state index contributed by atoms with van der Waals surface area (Å²) < 4.78 is 9.26. The summed E-state index contributed by atoms with van der Waals surface area (Å²) in [6.45, 7) is 5.50. The SMILES string of the molecule is Cc1nsc(NC(=O)N[C@H](C)c2nc(-c3ccccc3C)no2)n1. The van der Waals surface area contributed by atoms with Gasteiger partial charge in [0.15, 0.2) is 0 Å². The Morgan fingerprint density at radius 1 is 1.25 bits per heavy atom. The zero-order valence-electron chi connectivity index (χ0n) is 13.4. The molecule has 0 aliphatic heterocycles. The van der Waals surface area contributed by atoms with Crippen molar-refractivity contribution in [2.45, 2.75) is 26.8 Å². The number of carbonyl (C=O) groups is 1. The number of hydrogen-bond donors (Lipinski definition) is 2. The predicted octanol–water partition coefficient (Wildman–Crippen LogP) is 3.09. The van der Waals surface area contributed by atoms with Gasteiger partial charge in [-0.15, -0.1) is 0 Å². The molecule has 2 heterocycles. The van der Waals surface area contributed by atoms with Gasteiger partial charge in [-0.05, 0) is 26.3 Å². The molecule has 3 rings (SSSR count). The lowest BCUT2D eigenvalue weighted by atomic mass is 10.1. The van der Waals surface area contributed by atoms with Crippen molar-refractivity contribution in [1.82, 2.24) is 24.8 Å². The van der Waals surface area contributed by atoms with Crippen LogP contribution in [0.5, 0.6) is 0 Å². The number of aryl methyl sites for hydroxylation is 2. The normalized spacial score (nSPS) is 12.0.